The molecule has 9 heteroatoms. The van der Waals surface area contributed by atoms with Crippen molar-refractivity contribution in [1.82, 2.24) is 21.9 Å². The van der Waals surface area contributed by atoms with Gasteiger partial charge in [-0.3, -0.25) is 20.5 Å². The third kappa shape index (κ3) is 11.9. The zero-order valence-corrected chi connectivity index (χ0v) is 13.4. The Bertz CT molecular complexity index is 260. The van der Waals surface area contributed by atoms with E-state index in [1.54, 1.807) is 0 Å². The average molecular weight is 374 g/mol. The number of hydrogen-bond donors (Lipinski definition) is 4. The van der Waals surface area contributed by atoms with E-state index in [-0.39, 0.29) is 5.91 Å². The molecule has 0 unspecified atom stereocenters. The molecule has 0 aromatic rings. The molecule has 0 fully saturated rings. The summed E-state index contributed by atoms with van der Waals surface area (Å²) in [6, 6.07) is 0.404. The first-order chi connectivity index (χ1) is 7.85. The van der Waals surface area contributed by atoms with Crippen molar-refractivity contribution >= 4 is 42.6 Å². The number of urea groups is 1. The van der Waals surface area contributed by atoms with Crippen LogP contribution < -0.4 is 21.9 Å². The highest BCUT2D eigenvalue weighted by atomic mass is 127. The number of hydrogen-bond acceptors (Lipinski definition) is 4. The van der Waals surface area contributed by atoms with Crippen molar-refractivity contribution in [3.63, 3.8) is 0 Å². The summed E-state index contributed by atoms with van der Waals surface area (Å²) in [4.78, 5) is 26.8. The number of hydroxylamine groups is 1. The van der Waals surface area contributed by atoms with E-state index in [1.807, 2.05) is 22.6 Å². The molecule has 0 aromatic heterocycles. The molecule has 0 radical (unpaired) electrons. The first-order valence-electron chi connectivity index (χ1n) is 5.13. The number of alkyl halides is 1. The van der Waals surface area contributed by atoms with E-state index in [1.165, 1.54) is 0 Å². The van der Waals surface area contributed by atoms with Gasteiger partial charge in [-0.15, -0.1) is 5.53 Å². The fraction of sp³-hybridized carbons (Fsp3) is 0.750. The molecule has 0 saturated heterocycles. The molecule has 17 heavy (non-hydrogen) atoms. The lowest BCUT2D eigenvalue weighted by Crippen LogP contribution is -2.52. The van der Waals surface area contributed by atoms with Crippen LogP contribution in [0, 0.1) is 0 Å². The lowest BCUT2D eigenvalue weighted by Gasteiger charge is -2.15. The zero-order chi connectivity index (χ0) is 13.3. The van der Waals surface area contributed by atoms with Gasteiger partial charge in [-0.2, -0.15) is 0 Å². The van der Waals surface area contributed by atoms with Gasteiger partial charge in [-0.25, -0.2) is 10.3 Å². The Hall–Kier alpha value is -0.393. The van der Waals surface area contributed by atoms with Crippen molar-refractivity contribution in [2.24, 2.45) is 0 Å². The first-order valence-corrected chi connectivity index (χ1v) is 10.4. The molecule has 0 aliphatic carbocycles. The SMILES string of the molecule is C[Si](C)(C)CCONC(=O)NNNC(=O)CI. The fourth-order valence-electron chi connectivity index (χ4n) is 0.690. The molecule has 0 saturated carbocycles. The Morgan fingerprint density at radius 3 is 2.41 bits per heavy atom. The van der Waals surface area contributed by atoms with Crippen LogP contribution in [0.5, 0.6) is 0 Å². The highest BCUT2D eigenvalue weighted by Crippen LogP contribution is 2.06. The summed E-state index contributed by atoms with van der Waals surface area (Å²) >= 11 is 1.90. The summed E-state index contributed by atoms with van der Waals surface area (Å²) in [6.45, 7) is 7.15. The van der Waals surface area contributed by atoms with E-state index in [4.69, 9.17) is 4.84 Å². The van der Waals surface area contributed by atoms with E-state index in [0.29, 0.717) is 11.0 Å². The Labute approximate surface area is 115 Å². The normalized spacial score (nSPS) is 10.8. The average Bonchev–Trinajstić information content (AvgIpc) is 2.23. The topological polar surface area (TPSA) is 91.5 Å². The van der Waals surface area contributed by atoms with Crippen LogP contribution in [0.2, 0.25) is 25.7 Å². The van der Waals surface area contributed by atoms with Gasteiger partial charge < -0.3 is 0 Å². The van der Waals surface area contributed by atoms with E-state index < -0.39 is 14.1 Å². The minimum atomic E-state index is -1.14. The zero-order valence-electron chi connectivity index (χ0n) is 10.2. The number of halogens is 1. The summed E-state index contributed by atoms with van der Waals surface area (Å²) in [5.74, 6) is -0.231. The molecule has 0 spiro atoms. The minimum Gasteiger partial charge on any atom is -0.273 e. The largest absolute Gasteiger partial charge is 0.354 e. The third-order valence-electron chi connectivity index (χ3n) is 1.62. The minimum absolute atomic E-state index is 0.231. The Kier molecular flexibility index (Phi) is 8.46. The van der Waals surface area contributed by atoms with Gasteiger partial charge in [0.05, 0.1) is 11.0 Å². The van der Waals surface area contributed by atoms with Crippen LogP contribution in [-0.4, -0.2) is 31.0 Å². The van der Waals surface area contributed by atoms with E-state index in [9.17, 15) is 9.59 Å². The summed E-state index contributed by atoms with van der Waals surface area (Å²) in [6.07, 6.45) is 0. The number of carbonyl (C=O) groups is 2. The highest BCUT2D eigenvalue weighted by molar-refractivity contribution is 14.1. The summed E-state index contributed by atoms with van der Waals surface area (Å²) < 4.78 is 0.306. The van der Waals surface area contributed by atoms with E-state index in [2.05, 4.69) is 41.5 Å². The van der Waals surface area contributed by atoms with Gasteiger partial charge in [-0.05, 0) is 6.04 Å². The van der Waals surface area contributed by atoms with Gasteiger partial charge >= 0.3 is 6.03 Å². The number of nitrogens with one attached hydrogen (secondary N) is 4. The second-order valence-corrected chi connectivity index (χ2v) is 10.9. The van der Waals surface area contributed by atoms with Crippen LogP contribution in [-0.2, 0) is 9.63 Å². The predicted octanol–water partition coefficient (Wildman–Crippen LogP) is 0.526. The van der Waals surface area contributed by atoms with Gasteiger partial charge in [0.15, 0.2) is 0 Å². The van der Waals surface area contributed by atoms with Crippen LogP contribution in [0.15, 0.2) is 0 Å². The van der Waals surface area contributed by atoms with Gasteiger partial charge in [0.2, 0.25) is 5.91 Å². The molecular formula is C8H19IN4O3Si. The number of hydrazine groups is 2. The van der Waals surface area contributed by atoms with Crippen molar-refractivity contribution in [3.8, 4) is 0 Å². The maximum Gasteiger partial charge on any atom is 0.354 e. The molecule has 0 aliphatic heterocycles. The Morgan fingerprint density at radius 2 is 1.88 bits per heavy atom. The monoisotopic (exact) mass is 374 g/mol. The van der Waals surface area contributed by atoms with Gasteiger partial charge in [0.25, 0.3) is 0 Å². The van der Waals surface area contributed by atoms with Gasteiger partial charge in [-0.1, -0.05) is 42.2 Å². The van der Waals surface area contributed by atoms with Crippen LogP contribution in [0.25, 0.3) is 0 Å². The van der Waals surface area contributed by atoms with Crippen LogP contribution in [0.4, 0.5) is 4.79 Å². The first kappa shape index (κ1) is 16.6. The molecule has 0 aliphatic rings. The van der Waals surface area contributed by atoms with Crippen LogP contribution >= 0.6 is 22.6 Å². The quantitative estimate of drug-likeness (QED) is 0.172. The highest BCUT2D eigenvalue weighted by Gasteiger charge is 2.12. The lowest BCUT2D eigenvalue weighted by atomic mass is 10.8. The summed E-state index contributed by atoms with van der Waals surface area (Å²) in [5, 5.41) is 0. The predicted molar refractivity (Wildman–Crippen MR) is 75.9 cm³/mol. The van der Waals surface area contributed by atoms with Crippen LogP contribution in [0.1, 0.15) is 0 Å². The molecule has 0 bridgehead atoms. The van der Waals surface area contributed by atoms with Crippen LogP contribution in [0.3, 0.4) is 0 Å². The molecule has 0 heterocycles. The molecule has 0 rings (SSSR count). The van der Waals surface area contributed by atoms with Gasteiger partial charge in [0.1, 0.15) is 0 Å². The third-order valence-corrected chi connectivity index (χ3v) is 4.02. The molecular weight excluding hydrogens is 355 g/mol. The summed E-state index contributed by atoms with van der Waals surface area (Å²) in [7, 11) is -1.14. The smallest absolute Gasteiger partial charge is 0.273 e. The second kappa shape index (κ2) is 8.66. The van der Waals surface area contributed by atoms with E-state index >= 15 is 0 Å². The molecule has 100 valence electrons. The van der Waals surface area contributed by atoms with Crippen molar-refractivity contribution in [2.45, 2.75) is 25.7 Å². The maximum atomic E-state index is 11.1. The maximum absolute atomic E-state index is 11.1. The van der Waals surface area contributed by atoms with Crippen molar-refractivity contribution in [3.05, 3.63) is 0 Å². The Morgan fingerprint density at radius 1 is 1.24 bits per heavy atom. The van der Waals surface area contributed by atoms with Gasteiger partial charge in [0, 0.05) is 8.07 Å². The Balaban J connectivity index is 3.44. The standard InChI is InChI=1S/C8H19IN4O3Si/c1-17(2,3)5-4-16-12-8(15)11-13-10-7(14)6-9/h13H,4-6H2,1-3H3,(H,10,14)(H2,11,12,15). The van der Waals surface area contributed by atoms with Crippen molar-refractivity contribution < 1.29 is 14.4 Å². The molecule has 4 N–H and O–H groups in total. The lowest BCUT2D eigenvalue weighted by molar-refractivity contribution is -0.119. The molecule has 3 amide bonds. The fourth-order valence-corrected chi connectivity index (χ4v) is 1.60. The molecule has 0 aromatic carbocycles. The molecule has 0 atom stereocenters. The summed E-state index contributed by atoms with van der Waals surface area (Å²) in [5.41, 5.74) is 8.92. The van der Waals surface area contributed by atoms with Crippen molar-refractivity contribution in [2.75, 3.05) is 11.0 Å². The molecule has 7 nitrogen and oxygen atoms in total. The van der Waals surface area contributed by atoms with Crippen molar-refractivity contribution in [1.29, 1.82) is 0 Å². The number of amides is 3. The van der Waals surface area contributed by atoms with E-state index in [0.717, 1.165) is 6.04 Å². The number of rotatable bonds is 7. The number of carbonyl (C=O) groups excluding carboxylic acids is 2. The second-order valence-electron chi connectivity index (χ2n) is 4.52.